The van der Waals surface area contributed by atoms with Crippen molar-refractivity contribution in [3.05, 3.63) is 87.0 Å². The van der Waals surface area contributed by atoms with Crippen LogP contribution in [0.15, 0.2) is 53.3 Å². The molecule has 8 heteroatoms. The van der Waals surface area contributed by atoms with Crippen LogP contribution in [-0.2, 0) is 24.2 Å². The molecular weight excluding hydrogens is 464 g/mol. The predicted octanol–water partition coefficient (Wildman–Crippen LogP) is 4.51. The number of tetrazole rings is 1. The molecule has 0 spiro atoms. The van der Waals surface area contributed by atoms with E-state index >= 15 is 0 Å². The second-order valence-electron chi connectivity index (χ2n) is 10.1. The number of rotatable bonds is 10. The second-order valence-corrected chi connectivity index (χ2v) is 10.1. The molecule has 0 saturated carbocycles. The Morgan fingerprint density at radius 3 is 2.76 bits per heavy atom. The topological polar surface area (TPSA) is 88.9 Å². The smallest absolute Gasteiger partial charge is 0.252 e. The van der Waals surface area contributed by atoms with Crippen molar-refractivity contribution in [1.82, 2.24) is 30.1 Å². The molecule has 2 atom stereocenters. The number of hydrogen-bond acceptors (Lipinski definition) is 6. The summed E-state index contributed by atoms with van der Waals surface area (Å²) in [6, 6.07) is 16.6. The molecule has 1 N–H and O–H groups in total. The highest BCUT2D eigenvalue weighted by molar-refractivity contribution is 5.81. The first-order valence-electron chi connectivity index (χ1n) is 13.3. The van der Waals surface area contributed by atoms with E-state index in [0.29, 0.717) is 13.1 Å². The van der Waals surface area contributed by atoms with E-state index < -0.39 is 0 Å². The molecule has 0 bridgehead atoms. The van der Waals surface area contributed by atoms with E-state index in [2.05, 4.69) is 69.6 Å². The van der Waals surface area contributed by atoms with Gasteiger partial charge in [-0.3, -0.25) is 9.69 Å². The van der Waals surface area contributed by atoms with E-state index in [1.165, 1.54) is 11.1 Å². The lowest BCUT2D eigenvalue weighted by atomic mass is 10.0. The lowest BCUT2D eigenvalue weighted by molar-refractivity contribution is 0.0893. The Bertz CT molecular complexity index is 1410. The molecule has 1 saturated heterocycles. The molecule has 0 amide bonds. The Morgan fingerprint density at radius 1 is 1.14 bits per heavy atom. The van der Waals surface area contributed by atoms with Crippen LogP contribution in [0.2, 0.25) is 0 Å². The molecule has 1 fully saturated rings. The van der Waals surface area contributed by atoms with Crippen molar-refractivity contribution in [1.29, 1.82) is 0 Å². The van der Waals surface area contributed by atoms with Crippen molar-refractivity contribution < 1.29 is 4.74 Å². The van der Waals surface area contributed by atoms with Gasteiger partial charge in [0.05, 0.1) is 24.2 Å². The summed E-state index contributed by atoms with van der Waals surface area (Å²) in [5, 5.41) is 13.9. The lowest BCUT2D eigenvalue weighted by Crippen LogP contribution is -2.35. The van der Waals surface area contributed by atoms with E-state index in [9.17, 15) is 4.79 Å². The van der Waals surface area contributed by atoms with Gasteiger partial charge in [-0.2, -0.15) is 0 Å². The Morgan fingerprint density at radius 2 is 1.97 bits per heavy atom. The molecule has 0 aliphatic carbocycles. The SMILES string of the molecule is CCC(c1nnnn1CC1CCCO1)N(CCc1ccccc1C)Cc1cc2cccc(C)c2[nH]c1=O. The summed E-state index contributed by atoms with van der Waals surface area (Å²) < 4.78 is 7.76. The fourth-order valence-corrected chi connectivity index (χ4v) is 5.43. The minimum Gasteiger partial charge on any atom is -0.376 e. The summed E-state index contributed by atoms with van der Waals surface area (Å²) >= 11 is 0. The zero-order valence-electron chi connectivity index (χ0n) is 22.0. The number of ether oxygens (including phenoxy) is 1. The van der Waals surface area contributed by atoms with Crippen molar-refractivity contribution in [2.45, 2.75) is 71.7 Å². The van der Waals surface area contributed by atoms with Crippen LogP contribution < -0.4 is 5.56 Å². The molecule has 3 heterocycles. The zero-order chi connectivity index (χ0) is 25.8. The van der Waals surface area contributed by atoms with E-state index in [1.54, 1.807) is 0 Å². The Hall–Kier alpha value is -3.36. The van der Waals surface area contributed by atoms with Gasteiger partial charge in [0.25, 0.3) is 5.56 Å². The highest BCUT2D eigenvalue weighted by atomic mass is 16.5. The minimum atomic E-state index is -0.0449. The molecule has 2 aromatic carbocycles. The fraction of sp³-hybridized carbons (Fsp3) is 0.448. The molecular formula is C29H36N6O2. The van der Waals surface area contributed by atoms with E-state index in [-0.39, 0.29) is 17.7 Å². The molecule has 0 radical (unpaired) electrons. The highest BCUT2D eigenvalue weighted by Crippen LogP contribution is 2.26. The number of para-hydroxylation sites is 1. The number of aryl methyl sites for hydroxylation is 2. The standard InChI is InChI=1S/C29H36N6O2/c1-4-26(28-31-32-33-35(28)19-25-13-8-16-37-25)34(15-14-22-11-6-5-9-20(22)2)18-24-17-23-12-7-10-21(3)27(23)30-29(24)36/h5-7,9-12,17,25-26H,4,8,13-16,18-19H2,1-3H3,(H,30,36). The molecule has 2 aromatic heterocycles. The van der Waals surface area contributed by atoms with Gasteiger partial charge in [-0.1, -0.05) is 49.4 Å². The van der Waals surface area contributed by atoms with Crippen LogP contribution in [0, 0.1) is 13.8 Å². The number of aromatic amines is 1. The Labute approximate surface area is 217 Å². The maximum Gasteiger partial charge on any atom is 0.252 e. The number of benzene rings is 2. The van der Waals surface area contributed by atoms with Crippen molar-refractivity contribution in [2.24, 2.45) is 0 Å². The first-order valence-corrected chi connectivity index (χ1v) is 13.3. The quantitative estimate of drug-likeness (QED) is 0.345. The maximum absolute atomic E-state index is 13.2. The normalized spacial score (nSPS) is 16.6. The van der Waals surface area contributed by atoms with Crippen LogP contribution in [0.4, 0.5) is 0 Å². The third kappa shape index (κ3) is 5.65. The highest BCUT2D eigenvalue weighted by Gasteiger charge is 2.27. The van der Waals surface area contributed by atoms with Gasteiger partial charge in [0.2, 0.25) is 0 Å². The fourth-order valence-electron chi connectivity index (χ4n) is 5.43. The summed E-state index contributed by atoms with van der Waals surface area (Å²) in [4.78, 5) is 18.7. The Balaban J connectivity index is 1.47. The van der Waals surface area contributed by atoms with Crippen LogP contribution in [0.5, 0.6) is 0 Å². The second kappa shape index (κ2) is 11.4. The number of nitrogens with zero attached hydrogens (tertiary/aromatic N) is 5. The number of H-pyrrole nitrogens is 1. The summed E-state index contributed by atoms with van der Waals surface area (Å²) in [5.41, 5.74) is 5.26. The van der Waals surface area contributed by atoms with Crippen LogP contribution in [0.1, 0.15) is 60.3 Å². The summed E-state index contributed by atoms with van der Waals surface area (Å²) in [7, 11) is 0. The monoisotopic (exact) mass is 500 g/mol. The molecule has 8 nitrogen and oxygen atoms in total. The summed E-state index contributed by atoms with van der Waals surface area (Å²) in [5.74, 6) is 0.829. The van der Waals surface area contributed by atoms with Gasteiger partial charge >= 0.3 is 0 Å². The first-order chi connectivity index (χ1) is 18.0. The van der Waals surface area contributed by atoms with Crippen LogP contribution >= 0.6 is 0 Å². The van der Waals surface area contributed by atoms with Gasteiger partial charge in [-0.25, -0.2) is 4.68 Å². The third-order valence-electron chi connectivity index (χ3n) is 7.55. The van der Waals surface area contributed by atoms with Crippen LogP contribution in [0.3, 0.4) is 0 Å². The molecule has 5 rings (SSSR count). The average molecular weight is 501 g/mol. The number of pyridine rings is 1. The number of fused-ring (bicyclic) bond motifs is 1. The molecule has 2 unspecified atom stereocenters. The number of nitrogens with one attached hydrogen (secondary N) is 1. The largest absolute Gasteiger partial charge is 0.376 e. The van der Waals surface area contributed by atoms with Gasteiger partial charge in [-0.05, 0) is 78.1 Å². The molecule has 1 aliphatic rings. The van der Waals surface area contributed by atoms with Gasteiger partial charge in [0, 0.05) is 25.3 Å². The minimum absolute atomic E-state index is 0.0342. The van der Waals surface area contributed by atoms with Crippen molar-refractivity contribution in [2.75, 3.05) is 13.2 Å². The van der Waals surface area contributed by atoms with Crippen LogP contribution in [-0.4, -0.2) is 49.3 Å². The predicted molar refractivity (Wildman–Crippen MR) is 144 cm³/mol. The molecule has 194 valence electrons. The Kier molecular flexibility index (Phi) is 7.76. The molecule has 4 aromatic rings. The van der Waals surface area contributed by atoms with E-state index in [0.717, 1.165) is 66.7 Å². The van der Waals surface area contributed by atoms with Gasteiger partial charge in [0.15, 0.2) is 5.82 Å². The van der Waals surface area contributed by atoms with Gasteiger partial charge < -0.3 is 9.72 Å². The van der Waals surface area contributed by atoms with Crippen LogP contribution in [0.25, 0.3) is 10.9 Å². The van der Waals surface area contributed by atoms with E-state index in [1.807, 2.05) is 29.8 Å². The van der Waals surface area contributed by atoms with Crippen molar-refractivity contribution in [3.8, 4) is 0 Å². The van der Waals surface area contributed by atoms with E-state index in [4.69, 9.17) is 4.74 Å². The van der Waals surface area contributed by atoms with Gasteiger partial charge in [0.1, 0.15) is 0 Å². The van der Waals surface area contributed by atoms with Crippen molar-refractivity contribution in [3.63, 3.8) is 0 Å². The number of aromatic nitrogens is 5. The molecule has 37 heavy (non-hydrogen) atoms. The third-order valence-corrected chi connectivity index (χ3v) is 7.55. The summed E-state index contributed by atoms with van der Waals surface area (Å²) in [6.45, 7) is 9.07. The number of hydrogen-bond donors (Lipinski definition) is 1. The average Bonchev–Trinajstić information content (AvgIpc) is 3.58. The molecule has 1 aliphatic heterocycles. The van der Waals surface area contributed by atoms with Crippen molar-refractivity contribution >= 4 is 10.9 Å². The van der Waals surface area contributed by atoms with Gasteiger partial charge in [-0.15, -0.1) is 5.10 Å². The lowest BCUT2D eigenvalue weighted by Gasteiger charge is -2.30. The summed E-state index contributed by atoms with van der Waals surface area (Å²) in [6.07, 6.45) is 3.95. The zero-order valence-corrected chi connectivity index (χ0v) is 22.0. The first kappa shape index (κ1) is 25.3. The maximum atomic E-state index is 13.2.